The van der Waals surface area contributed by atoms with E-state index in [0.717, 1.165) is 38.5 Å². The van der Waals surface area contributed by atoms with Gasteiger partial charge in [-0.05, 0) is 25.7 Å². The first-order chi connectivity index (χ1) is 8.83. The Morgan fingerprint density at radius 3 is 2.40 bits per heavy atom. The van der Waals surface area contributed by atoms with Crippen LogP contribution < -0.4 is 10.6 Å². The van der Waals surface area contributed by atoms with Gasteiger partial charge in [-0.1, -0.05) is 0 Å². The molecule has 1 aliphatic carbocycles. The van der Waals surface area contributed by atoms with Gasteiger partial charge in [0.05, 0.1) is 6.61 Å². The zero-order valence-corrected chi connectivity index (χ0v) is 13.3. The highest BCUT2D eigenvalue weighted by Crippen LogP contribution is 2.29. The van der Waals surface area contributed by atoms with Gasteiger partial charge in [-0.2, -0.15) is 0 Å². The van der Waals surface area contributed by atoms with Crippen molar-refractivity contribution in [3.63, 3.8) is 0 Å². The minimum Gasteiger partial charge on any atom is -0.366 e. The van der Waals surface area contributed by atoms with Crippen molar-refractivity contribution < 1.29 is 9.53 Å². The summed E-state index contributed by atoms with van der Waals surface area (Å²) in [5.41, 5.74) is 0. The molecular formula is C13H25Cl2N3O2. The molecule has 3 fully saturated rings. The van der Waals surface area contributed by atoms with Crippen LogP contribution in [0.2, 0.25) is 0 Å². The quantitative estimate of drug-likeness (QED) is 0.796. The van der Waals surface area contributed by atoms with Gasteiger partial charge >= 0.3 is 0 Å². The maximum atomic E-state index is 12.0. The maximum Gasteiger partial charge on any atom is 0.250 e. The first-order valence-corrected chi connectivity index (χ1v) is 7.19. The van der Waals surface area contributed by atoms with Gasteiger partial charge in [-0.3, -0.25) is 4.79 Å². The highest BCUT2D eigenvalue weighted by atomic mass is 35.5. The molecule has 0 aromatic heterocycles. The third kappa shape index (κ3) is 4.74. The zero-order chi connectivity index (χ0) is 12.4. The molecule has 0 radical (unpaired) electrons. The number of likely N-dealkylation sites (tertiary alicyclic amines) is 1. The number of carbonyl (C=O) groups excluding carboxylic acids is 1. The topological polar surface area (TPSA) is 53.6 Å². The van der Waals surface area contributed by atoms with E-state index in [0.29, 0.717) is 19.2 Å². The highest BCUT2D eigenvalue weighted by Gasteiger charge is 2.32. The minimum absolute atomic E-state index is 0. The number of morpholine rings is 1. The van der Waals surface area contributed by atoms with Crippen LogP contribution in [0.1, 0.15) is 25.7 Å². The number of piperidine rings is 1. The van der Waals surface area contributed by atoms with E-state index in [1.54, 1.807) is 0 Å². The third-order valence-electron chi connectivity index (χ3n) is 4.16. The first-order valence-electron chi connectivity index (χ1n) is 7.19. The Hall–Kier alpha value is -0.0700. The van der Waals surface area contributed by atoms with Crippen LogP contribution in [0.15, 0.2) is 0 Å². The standard InChI is InChI=1S/C13H23N3O2.2ClH/c17-13(12-9-14-5-8-18-12)15-10-3-6-16(7-4-10)11-1-2-11;;/h10-12,14H,1-9H2,(H,15,17);2*1H. The average molecular weight is 326 g/mol. The predicted octanol–water partition coefficient (Wildman–Crippen LogP) is 0.561. The molecule has 5 nitrogen and oxygen atoms in total. The summed E-state index contributed by atoms with van der Waals surface area (Å²) in [6.07, 6.45) is 4.63. The molecule has 0 spiro atoms. The molecule has 1 saturated carbocycles. The Bertz CT molecular complexity index is 302. The van der Waals surface area contributed by atoms with E-state index < -0.39 is 0 Å². The second kappa shape index (κ2) is 8.39. The van der Waals surface area contributed by atoms with Crippen molar-refractivity contribution >= 4 is 30.7 Å². The Morgan fingerprint density at radius 1 is 1.15 bits per heavy atom. The molecule has 0 bridgehead atoms. The molecule has 20 heavy (non-hydrogen) atoms. The molecular weight excluding hydrogens is 301 g/mol. The Morgan fingerprint density at radius 2 is 1.85 bits per heavy atom. The van der Waals surface area contributed by atoms with Gasteiger partial charge in [0.15, 0.2) is 0 Å². The van der Waals surface area contributed by atoms with Gasteiger partial charge in [0.25, 0.3) is 5.91 Å². The van der Waals surface area contributed by atoms with Crippen molar-refractivity contribution in [1.29, 1.82) is 0 Å². The lowest BCUT2D eigenvalue weighted by Crippen LogP contribution is -2.52. The number of rotatable bonds is 3. The monoisotopic (exact) mass is 325 g/mol. The van der Waals surface area contributed by atoms with Crippen LogP contribution >= 0.6 is 24.8 Å². The summed E-state index contributed by atoms with van der Waals surface area (Å²) >= 11 is 0. The van der Waals surface area contributed by atoms with E-state index in [2.05, 4.69) is 15.5 Å². The van der Waals surface area contributed by atoms with Crippen molar-refractivity contribution in [2.45, 2.75) is 43.9 Å². The van der Waals surface area contributed by atoms with Crippen LogP contribution in [0, 0.1) is 0 Å². The SMILES string of the molecule is Cl.Cl.O=C(NC1CCN(C2CC2)CC1)C1CNCCO1. The average Bonchev–Trinajstić information content (AvgIpc) is 3.25. The molecule has 1 amide bonds. The van der Waals surface area contributed by atoms with Gasteiger partial charge in [0, 0.05) is 38.3 Å². The van der Waals surface area contributed by atoms with E-state index in [-0.39, 0.29) is 36.8 Å². The molecule has 2 saturated heterocycles. The molecule has 118 valence electrons. The summed E-state index contributed by atoms with van der Waals surface area (Å²) in [5, 5.41) is 6.33. The van der Waals surface area contributed by atoms with Crippen molar-refractivity contribution in [3.05, 3.63) is 0 Å². The summed E-state index contributed by atoms with van der Waals surface area (Å²) < 4.78 is 5.47. The number of nitrogens with one attached hydrogen (secondary N) is 2. The first kappa shape index (κ1) is 18.0. The van der Waals surface area contributed by atoms with Gasteiger partial charge in [0.2, 0.25) is 0 Å². The molecule has 2 N–H and O–H groups in total. The number of nitrogens with zero attached hydrogens (tertiary/aromatic N) is 1. The lowest BCUT2D eigenvalue weighted by molar-refractivity contribution is -0.135. The molecule has 0 aromatic rings. The fraction of sp³-hybridized carbons (Fsp3) is 0.923. The van der Waals surface area contributed by atoms with Gasteiger partial charge in [-0.25, -0.2) is 0 Å². The number of halogens is 2. The van der Waals surface area contributed by atoms with Crippen molar-refractivity contribution in [1.82, 2.24) is 15.5 Å². The number of carbonyl (C=O) groups is 1. The molecule has 1 atom stereocenters. The van der Waals surface area contributed by atoms with E-state index in [9.17, 15) is 4.79 Å². The fourth-order valence-corrected chi connectivity index (χ4v) is 2.88. The number of ether oxygens (including phenoxy) is 1. The molecule has 2 heterocycles. The van der Waals surface area contributed by atoms with Crippen LogP contribution in [0.3, 0.4) is 0 Å². The minimum atomic E-state index is -0.291. The second-order valence-corrected chi connectivity index (χ2v) is 5.61. The molecule has 7 heteroatoms. The van der Waals surface area contributed by atoms with Crippen LogP contribution in [0.4, 0.5) is 0 Å². The number of hydrogen-bond donors (Lipinski definition) is 2. The molecule has 0 aromatic carbocycles. The van der Waals surface area contributed by atoms with Gasteiger partial charge in [0.1, 0.15) is 6.10 Å². The normalized spacial score (nSPS) is 28.1. The van der Waals surface area contributed by atoms with Gasteiger partial charge < -0.3 is 20.3 Å². The van der Waals surface area contributed by atoms with Crippen LogP contribution in [0.5, 0.6) is 0 Å². The molecule has 3 rings (SSSR count). The predicted molar refractivity (Wildman–Crippen MR) is 82.9 cm³/mol. The summed E-state index contributed by atoms with van der Waals surface area (Å²) in [7, 11) is 0. The van der Waals surface area contributed by atoms with Crippen molar-refractivity contribution in [3.8, 4) is 0 Å². The van der Waals surface area contributed by atoms with E-state index in [4.69, 9.17) is 4.74 Å². The summed E-state index contributed by atoms with van der Waals surface area (Å²) in [5.74, 6) is 0.0621. The summed E-state index contributed by atoms with van der Waals surface area (Å²) in [6, 6.07) is 1.20. The lowest BCUT2D eigenvalue weighted by Gasteiger charge is -2.33. The molecule has 1 unspecified atom stereocenters. The lowest BCUT2D eigenvalue weighted by atomic mass is 10.0. The zero-order valence-electron chi connectivity index (χ0n) is 11.7. The fourth-order valence-electron chi connectivity index (χ4n) is 2.88. The van der Waals surface area contributed by atoms with E-state index in [1.807, 2.05) is 0 Å². The van der Waals surface area contributed by atoms with E-state index in [1.165, 1.54) is 12.8 Å². The number of hydrogen-bond acceptors (Lipinski definition) is 4. The van der Waals surface area contributed by atoms with Crippen LogP contribution in [-0.4, -0.2) is 61.8 Å². The highest BCUT2D eigenvalue weighted by molar-refractivity contribution is 5.85. The summed E-state index contributed by atoms with van der Waals surface area (Å²) in [6.45, 7) is 4.41. The van der Waals surface area contributed by atoms with Crippen LogP contribution in [0.25, 0.3) is 0 Å². The molecule has 3 aliphatic rings. The Balaban J connectivity index is 0.000001000. The second-order valence-electron chi connectivity index (χ2n) is 5.61. The maximum absolute atomic E-state index is 12.0. The number of amides is 1. The van der Waals surface area contributed by atoms with Crippen molar-refractivity contribution in [2.75, 3.05) is 32.8 Å². The van der Waals surface area contributed by atoms with E-state index >= 15 is 0 Å². The third-order valence-corrected chi connectivity index (χ3v) is 4.16. The van der Waals surface area contributed by atoms with Crippen molar-refractivity contribution in [2.24, 2.45) is 0 Å². The smallest absolute Gasteiger partial charge is 0.250 e. The largest absolute Gasteiger partial charge is 0.366 e. The molecule has 2 aliphatic heterocycles. The summed E-state index contributed by atoms with van der Waals surface area (Å²) in [4.78, 5) is 14.6. The Kier molecular flexibility index (Phi) is 7.54. The van der Waals surface area contributed by atoms with Crippen LogP contribution in [-0.2, 0) is 9.53 Å². The van der Waals surface area contributed by atoms with Gasteiger partial charge in [-0.15, -0.1) is 24.8 Å². The Labute approximate surface area is 133 Å².